The van der Waals surface area contributed by atoms with Crippen molar-refractivity contribution in [1.82, 2.24) is 0 Å². The molecule has 2 aliphatic rings. The quantitative estimate of drug-likeness (QED) is 0.489. The highest BCUT2D eigenvalue weighted by molar-refractivity contribution is 5.87. The van der Waals surface area contributed by atoms with E-state index in [1.165, 1.54) is 13.2 Å². The fourth-order valence-electron chi connectivity index (χ4n) is 4.26. The molecule has 1 aromatic carbocycles. The van der Waals surface area contributed by atoms with Crippen molar-refractivity contribution in [3.63, 3.8) is 0 Å². The minimum absolute atomic E-state index is 0.219. The van der Waals surface area contributed by atoms with Gasteiger partial charge in [-0.2, -0.15) is 0 Å². The number of rotatable bonds is 5. The van der Waals surface area contributed by atoms with Crippen LogP contribution in [-0.2, 0) is 15.9 Å². The first-order valence-electron chi connectivity index (χ1n) is 10.4. The summed E-state index contributed by atoms with van der Waals surface area (Å²) in [7, 11) is 1.47. The Labute approximate surface area is 183 Å². The number of hydrogen-bond acceptors (Lipinski definition) is 10. The third-order valence-electron chi connectivity index (χ3n) is 6.07. The molecule has 0 unspecified atom stereocenters. The summed E-state index contributed by atoms with van der Waals surface area (Å²) in [6, 6.07) is 3.04. The van der Waals surface area contributed by atoms with Crippen LogP contribution in [0.4, 0.5) is 0 Å². The van der Waals surface area contributed by atoms with Gasteiger partial charge >= 0.3 is 0 Å². The van der Waals surface area contributed by atoms with Gasteiger partial charge in [0.15, 0.2) is 11.7 Å². The fourth-order valence-corrected chi connectivity index (χ4v) is 4.26. The number of benzene rings is 1. The van der Waals surface area contributed by atoms with Crippen molar-refractivity contribution in [3.05, 3.63) is 33.7 Å². The lowest BCUT2D eigenvalue weighted by atomic mass is 9.94. The zero-order valence-corrected chi connectivity index (χ0v) is 18.3. The first-order chi connectivity index (χ1) is 15.1. The highest BCUT2D eigenvalue weighted by Crippen LogP contribution is 2.44. The van der Waals surface area contributed by atoms with Crippen LogP contribution in [0, 0.1) is 6.92 Å². The van der Waals surface area contributed by atoms with Gasteiger partial charge in [-0.25, -0.2) is 0 Å². The van der Waals surface area contributed by atoms with Gasteiger partial charge in [-0.3, -0.25) is 4.79 Å². The van der Waals surface area contributed by atoms with Crippen LogP contribution in [0.5, 0.6) is 11.5 Å². The van der Waals surface area contributed by atoms with Crippen LogP contribution in [0.1, 0.15) is 25.2 Å². The Bertz CT molecular complexity index is 1060. The lowest BCUT2D eigenvalue weighted by Gasteiger charge is -2.43. The van der Waals surface area contributed by atoms with Gasteiger partial charge < -0.3 is 43.8 Å². The number of ether oxygens (including phenoxy) is 4. The van der Waals surface area contributed by atoms with Crippen molar-refractivity contribution < 1.29 is 43.8 Å². The minimum Gasteiger partial charge on any atom is -0.495 e. The monoisotopic (exact) mass is 452 g/mol. The maximum absolute atomic E-state index is 12.6. The lowest BCUT2D eigenvalue weighted by Crippen LogP contribution is -2.61. The van der Waals surface area contributed by atoms with Crippen molar-refractivity contribution >= 4 is 11.0 Å². The lowest BCUT2D eigenvalue weighted by molar-refractivity contribution is -0.329. The third-order valence-corrected chi connectivity index (χ3v) is 6.07. The van der Waals surface area contributed by atoms with Crippen LogP contribution >= 0.6 is 0 Å². The molecule has 4 rings (SSSR count). The van der Waals surface area contributed by atoms with E-state index in [1.807, 2.05) is 0 Å². The largest absolute Gasteiger partial charge is 0.495 e. The molecular formula is C22H28O10. The summed E-state index contributed by atoms with van der Waals surface area (Å²) < 4.78 is 28.8. The molecule has 0 aliphatic carbocycles. The summed E-state index contributed by atoms with van der Waals surface area (Å²) >= 11 is 0. The molecule has 1 saturated heterocycles. The zero-order valence-electron chi connectivity index (χ0n) is 18.3. The molecule has 0 bridgehead atoms. The predicted molar refractivity (Wildman–Crippen MR) is 111 cm³/mol. The van der Waals surface area contributed by atoms with Crippen molar-refractivity contribution in [1.29, 1.82) is 0 Å². The van der Waals surface area contributed by atoms with Gasteiger partial charge in [-0.15, -0.1) is 0 Å². The SMILES string of the molecule is COc1c2c(cc3oc(C)cc(=O)c13)O[C@H](C(C)(C)O[C@H]1O[C@H](CO)[C@@H](O)[C@H](O)[C@H]1O)C2. The van der Waals surface area contributed by atoms with Gasteiger partial charge in [0.25, 0.3) is 0 Å². The van der Waals surface area contributed by atoms with E-state index in [-0.39, 0.29) is 5.43 Å². The molecule has 1 aromatic heterocycles. The van der Waals surface area contributed by atoms with E-state index < -0.39 is 49.0 Å². The second kappa shape index (κ2) is 8.29. The van der Waals surface area contributed by atoms with Crippen molar-refractivity contribution in [3.8, 4) is 11.5 Å². The maximum atomic E-state index is 12.6. The van der Waals surface area contributed by atoms with Crippen LogP contribution in [-0.4, -0.2) is 76.6 Å². The standard InChI is InChI=1S/C22H28O10/c1-9-5-11(24)16-13(29-9)7-12-10(20(16)28-4)6-15(30-12)22(2,3)32-21-19(27)18(26)17(25)14(8-23)31-21/h5,7,14-15,17-19,21,23,25-27H,6,8H2,1-4H3/t14-,15+,17-,18+,19-,21-/m1/s1. The Hall–Kier alpha value is -2.21. The van der Waals surface area contributed by atoms with Gasteiger partial charge in [-0.1, -0.05) is 0 Å². The van der Waals surface area contributed by atoms with Gasteiger partial charge in [0.05, 0.1) is 13.7 Å². The number of aliphatic hydroxyl groups is 4. The third kappa shape index (κ3) is 3.76. The second-order valence-electron chi connectivity index (χ2n) is 8.71. The number of aliphatic hydroxyl groups excluding tert-OH is 4. The average Bonchev–Trinajstić information content (AvgIpc) is 3.17. The molecule has 6 atom stereocenters. The summed E-state index contributed by atoms with van der Waals surface area (Å²) in [5.74, 6) is 1.32. The van der Waals surface area contributed by atoms with Crippen LogP contribution < -0.4 is 14.9 Å². The molecular weight excluding hydrogens is 424 g/mol. The van der Waals surface area contributed by atoms with Crippen molar-refractivity contribution in [2.75, 3.05) is 13.7 Å². The second-order valence-corrected chi connectivity index (χ2v) is 8.71. The smallest absolute Gasteiger partial charge is 0.196 e. The molecule has 0 spiro atoms. The molecule has 3 heterocycles. The predicted octanol–water partition coefficient (Wildman–Crippen LogP) is 0.00862. The summed E-state index contributed by atoms with van der Waals surface area (Å²) in [5, 5.41) is 40.1. The van der Waals surface area contributed by atoms with Crippen LogP contribution in [0.25, 0.3) is 11.0 Å². The van der Waals surface area contributed by atoms with E-state index in [9.17, 15) is 25.2 Å². The first-order valence-corrected chi connectivity index (χ1v) is 10.4. The molecule has 10 nitrogen and oxygen atoms in total. The highest BCUT2D eigenvalue weighted by atomic mass is 16.7. The molecule has 176 valence electrons. The molecule has 1 fully saturated rings. The molecule has 0 radical (unpaired) electrons. The van der Waals surface area contributed by atoms with Gasteiger partial charge in [0.1, 0.15) is 64.3 Å². The Kier molecular flexibility index (Phi) is 5.95. The number of aryl methyl sites for hydroxylation is 1. The van der Waals surface area contributed by atoms with Gasteiger partial charge in [0.2, 0.25) is 0 Å². The van der Waals surface area contributed by atoms with E-state index in [4.69, 9.17) is 23.4 Å². The molecule has 0 saturated carbocycles. The number of hydrogen-bond donors (Lipinski definition) is 4. The molecule has 2 aliphatic heterocycles. The normalized spacial score (nSPS) is 30.2. The summed E-state index contributed by atoms with van der Waals surface area (Å²) in [5.41, 5.74) is -0.230. The van der Waals surface area contributed by atoms with E-state index in [0.717, 1.165) is 0 Å². The molecule has 0 amide bonds. The molecule has 2 aromatic rings. The van der Waals surface area contributed by atoms with E-state index >= 15 is 0 Å². The summed E-state index contributed by atoms with van der Waals surface area (Å²) in [6.45, 7) is 4.58. The van der Waals surface area contributed by atoms with Gasteiger partial charge in [0, 0.05) is 24.1 Å². The Balaban J connectivity index is 1.62. The van der Waals surface area contributed by atoms with E-state index in [2.05, 4.69) is 0 Å². The van der Waals surface area contributed by atoms with E-state index in [1.54, 1.807) is 26.8 Å². The summed E-state index contributed by atoms with van der Waals surface area (Å²) in [6.07, 6.45) is -7.17. The number of fused-ring (bicyclic) bond motifs is 2. The molecule has 32 heavy (non-hydrogen) atoms. The topological polar surface area (TPSA) is 148 Å². The van der Waals surface area contributed by atoms with Crippen LogP contribution in [0.15, 0.2) is 21.3 Å². The Morgan fingerprint density at radius 2 is 1.88 bits per heavy atom. The Morgan fingerprint density at radius 1 is 1.16 bits per heavy atom. The fraction of sp³-hybridized carbons (Fsp3) is 0.591. The van der Waals surface area contributed by atoms with Crippen LogP contribution in [0.3, 0.4) is 0 Å². The molecule has 10 heteroatoms. The van der Waals surface area contributed by atoms with Crippen molar-refractivity contribution in [2.24, 2.45) is 0 Å². The maximum Gasteiger partial charge on any atom is 0.196 e. The van der Waals surface area contributed by atoms with Gasteiger partial charge in [-0.05, 0) is 20.8 Å². The number of methoxy groups -OCH3 is 1. The Morgan fingerprint density at radius 3 is 2.53 bits per heavy atom. The molecule has 4 N–H and O–H groups in total. The van der Waals surface area contributed by atoms with E-state index in [0.29, 0.717) is 40.2 Å². The highest BCUT2D eigenvalue weighted by Gasteiger charge is 2.48. The first kappa shape index (κ1) is 23.0. The average molecular weight is 452 g/mol. The summed E-state index contributed by atoms with van der Waals surface area (Å²) in [4.78, 5) is 12.6. The minimum atomic E-state index is -1.55. The van der Waals surface area contributed by atoms with Crippen LogP contribution in [0.2, 0.25) is 0 Å². The zero-order chi connectivity index (χ0) is 23.4. The van der Waals surface area contributed by atoms with Crippen molar-refractivity contribution in [2.45, 2.75) is 69.6 Å².